The van der Waals surface area contributed by atoms with E-state index in [4.69, 9.17) is 38.9 Å². The second-order valence-electron chi connectivity index (χ2n) is 7.49. The monoisotopic (exact) mass is 495 g/mol. The first-order valence-electron chi connectivity index (χ1n) is 10.0. The number of amides is 3. The van der Waals surface area contributed by atoms with Crippen molar-refractivity contribution < 1.29 is 24.3 Å². The Morgan fingerprint density at radius 2 is 1.91 bits per heavy atom. The van der Waals surface area contributed by atoms with Gasteiger partial charge in [0, 0.05) is 13.0 Å². The summed E-state index contributed by atoms with van der Waals surface area (Å²) in [6.07, 6.45) is 0.217. The minimum absolute atomic E-state index is 0.191. The van der Waals surface area contributed by atoms with E-state index in [9.17, 15) is 14.4 Å². The van der Waals surface area contributed by atoms with Crippen molar-refractivity contribution in [3.63, 3.8) is 0 Å². The van der Waals surface area contributed by atoms with E-state index in [1.807, 2.05) is 0 Å². The number of nitrogens with zero attached hydrogens (tertiary/aromatic N) is 2. The molecule has 2 atom stereocenters. The topological polar surface area (TPSA) is 147 Å². The molecule has 1 fully saturated rings. The van der Waals surface area contributed by atoms with Crippen molar-refractivity contribution in [1.82, 2.24) is 20.7 Å². The van der Waals surface area contributed by atoms with Crippen LogP contribution in [-0.4, -0.2) is 51.9 Å². The Labute approximate surface area is 200 Å². The average Bonchev–Trinajstić information content (AvgIpc) is 3.12. The zero-order valence-electron chi connectivity index (χ0n) is 17.7. The molecule has 10 nitrogen and oxygen atoms in total. The van der Waals surface area contributed by atoms with E-state index in [0.29, 0.717) is 11.3 Å². The molecule has 1 aromatic carbocycles. The van der Waals surface area contributed by atoms with Crippen molar-refractivity contribution in [2.45, 2.75) is 31.5 Å². The largest absolute Gasteiger partial charge is 0.489 e. The van der Waals surface area contributed by atoms with Gasteiger partial charge in [-0.3, -0.25) is 19.6 Å². The summed E-state index contributed by atoms with van der Waals surface area (Å²) >= 11 is 11.8. The van der Waals surface area contributed by atoms with Crippen LogP contribution in [0.3, 0.4) is 0 Å². The van der Waals surface area contributed by atoms with Crippen LogP contribution in [0.1, 0.15) is 24.5 Å². The standard InChI is InChI=1S/C21H23Cl2N5O5/c1-12(19(30)27-32)28-7-6-21(20(28)31,26-18(29)10-24)14-2-4-15(5-3-14)33-11-13-8-16(22)25-17(23)9-13/h2-5,8-9,12,32H,6-7,10-11,24H2,1H3,(H,26,29)(H,27,30). The van der Waals surface area contributed by atoms with Gasteiger partial charge < -0.3 is 20.7 Å². The normalized spacial score (nSPS) is 18.7. The molecule has 0 bridgehead atoms. The minimum atomic E-state index is -1.40. The number of benzene rings is 1. The summed E-state index contributed by atoms with van der Waals surface area (Å²) in [7, 11) is 0. The maximum Gasteiger partial charge on any atom is 0.265 e. The van der Waals surface area contributed by atoms with Crippen molar-refractivity contribution in [3.8, 4) is 5.75 Å². The fraction of sp³-hybridized carbons (Fsp3) is 0.333. The molecule has 1 saturated heterocycles. The van der Waals surface area contributed by atoms with Crippen molar-refractivity contribution >= 4 is 40.9 Å². The fourth-order valence-electron chi connectivity index (χ4n) is 3.69. The molecule has 3 rings (SSSR count). The summed E-state index contributed by atoms with van der Waals surface area (Å²) in [6.45, 7) is 1.57. The molecule has 0 spiro atoms. The predicted octanol–water partition coefficient (Wildman–Crippen LogP) is 1.36. The molecule has 33 heavy (non-hydrogen) atoms. The number of aromatic nitrogens is 1. The van der Waals surface area contributed by atoms with Crippen LogP contribution < -0.4 is 21.3 Å². The Kier molecular flexibility index (Phi) is 7.75. The number of ether oxygens (including phenoxy) is 1. The Morgan fingerprint density at radius 1 is 1.27 bits per heavy atom. The second kappa shape index (κ2) is 10.3. The Bertz CT molecular complexity index is 1030. The maximum atomic E-state index is 13.3. The van der Waals surface area contributed by atoms with Gasteiger partial charge in [0.2, 0.25) is 5.91 Å². The van der Waals surface area contributed by atoms with Gasteiger partial charge in [0.15, 0.2) is 0 Å². The number of carbonyl (C=O) groups is 3. The van der Waals surface area contributed by atoms with E-state index in [0.717, 1.165) is 5.56 Å². The first-order valence-corrected chi connectivity index (χ1v) is 10.8. The third-order valence-corrected chi connectivity index (χ3v) is 5.81. The third kappa shape index (κ3) is 5.36. The zero-order valence-corrected chi connectivity index (χ0v) is 19.2. The summed E-state index contributed by atoms with van der Waals surface area (Å²) in [5.41, 5.74) is 6.85. The summed E-state index contributed by atoms with van der Waals surface area (Å²) in [4.78, 5) is 42.5. The quantitative estimate of drug-likeness (QED) is 0.245. The van der Waals surface area contributed by atoms with Crippen LogP contribution in [0, 0.1) is 0 Å². The molecule has 5 N–H and O–H groups in total. The number of nitrogens with one attached hydrogen (secondary N) is 2. The van der Waals surface area contributed by atoms with Crippen LogP contribution in [0.2, 0.25) is 10.3 Å². The smallest absolute Gasteiger partial charge is 0.265 e. The molecule has 0 aliphatic carbocycles. The van der Waals surface area contributed by atoms with Gasteiger partial charge in [-0.1, -0.05) is 35.3 Å². The summed E-state index contributed by atoms with van der Waals surface area (Å²) in [5, 5.41) is 12.1. The molecule has 1 aromatic heterocycles. The first-order chi connectivity index (χ1) is 15.7. The van der Waals surface area contributed by atoms with E-state index < -0.39 is 29.3 Å². The molecule has 2 aromatic rings. The number of likely N-dealkylation sites (tertiary alicyclic amines) is 1. The first kappa shape index (κ1) is 24.7. The fourth-order valence-corrected chi connectivity index (χ4v) is 4.20. The molecule has 1 aliphatic rings. The van der Waals surface area contributed by atoms with Crippen LogP contribution in [0.5, 0.6) is 5.75 Å². The highest BCUT2D eigenvalue weighted by Gasteiger charge is 2.51. The lowest BCUT2D eigenvalue weighted by molar-refractivity contribution is -0.144. The highest BCUT2D eigenvalue weighted by Crippen LogP contribution is 2.35. The van der Waals surface area contributed by atoms with Crippen LogP contribution in [0.4, 0.5) is 0 Å². The summed E-state index contributed by atoms with van der Waals surface area (Å²) in [6, 6.07) is 8.99. The molecule has 12 heteroatoms. The number of halogens is 2. The average molecular weight is 496 g/mol. The van der Waals surface area contributed by atoms with Crippen LogP contribution >= 0.6 is 23.2 Å². The van der Waals surface area contributed by atoms with E-state index >= 15 is 0 Å². The van der Waals surface area contributed by atoms with Gasteiger partial charge in [-0.2, -0.15) is 0 Å². The molecular formula is C21H23Cl2N5O5. The SMILES string of the molecule is CC(C(=O)NO)N1CCC(NC(=O)CN)(c2ccc(OCc3cc(Cl)nc(Cl)c3)cc2)C1=O. The predicted molar refractivity (Wildman–Crippen MR) is 120 cm³/mol. The highest BCUT2D eigenvalue weighted by atomic mass is 35.5. The Morgan fingerprint density at radius 3 is 2.48 bits per heavy atom. The molecule has 2 unspecified atom stereocenters. The van der Waals surface area contributed by atoms with Crippen molar-refractivity contribution in [3.05, 3.63) is 57.8 Å². The lowest BCUT2D eigenvalue weighted by Crippen LogP contribution is -2.55. The number of carbonyl (C=O) groups excluding carboxylic acids is 3. The van der Waals surface area contributed by atoms with E-state index in [1.165, 1.54) is 11.8 Å². The number of hydrogen-bond acceptors (Lipinski definition) is 7. The van der Waals surface area contributed by atoms with Gasteiger partial charge in [-0.25, -0.2) is 10.5 Å². The number of nitrogens with two attached hydrogens (primary N) is 1. The van der Waals surface area contributed by atoms with E-state index in [1.54, 1.807) is 41.9 Å². The van der Waals surface area contributed by atoms with Gasteiger partial charge in [0.25, 0.3) is 11.8 Å². The molecule has 0 saturated carbocycles. The van der Waals surface area contributed by atoms with Crippen LogP contribution in [0.25, 0.3) is 0 Å². The maximum absolute atomic E-state index is 13.3. The van der Waals surface area contributed by atoms with E-state index in [-0.39, 0.29) is 36.4 Å². The van der Waals surface area contributed by atoms with Gasteiger partial charge in [0.1, 0.15) is 34.2 Å². The van der Waals surface area contributed by atoms with Crippen LogP contribution in [-0.2, 0) is 26.5 Å². The minimum Gasteiger partial charge on any atom is -0.489 e. The van der Waals surface area contributed by atoms with Gasteiger partial charge in [-0.05, 0) is 42.3 Å². The number of pyridine rings is 1. The molecule has 2 heterocycles. The molecule has 3 amide bonds. The van der Waals surface area contributed by atoms with Gasteiger partial charge in [-0.15, -0.1) is 0 Å². The lowest BCUT2D eigenvalue weighted by atomic mass is 9.88. The summed E-state index contributed by atoms with van der Waals surface area (Å²) in [5.74, 6) is -1.21. The second-order valence-corrected chi connectivity index (χ2v) is 8.27. The van der Waals surface area contributed by atoms with Gasteiger partial charge >= 0.3 is 0 Å². The summed E-state index contributed by atoms with van der Waals surface area (Å²) < 4.78 is 5.76. The zero-order chi connectivity index (χ0) is 24.2. The number of rotatable bonds is 8. The molecule has 1 aliphatic heterocycles. The molecule has 176 valence electrons. The van der Waals surface area contributed by atoms with Crippen LogP contribution in [0.15, 0.2) is 36.4 Å². The number of hydroxylamine groups is 1. The Hall–Kier alpha value is -2.92. The Balaban J connectivity index is 1.82. The van der Waals surface area contributed by atoms with Crippen molar-refractivity contribution in [2.75, 3.05) is 13.1 Å². The highest BCUT2D eigenvalue weighted by molar-refractivity contribution is 6.32. The van der Waals surface area contributed by atoms with Crippen molar-refractivity contribution in [1.29, 1.82) is 0 Å². The van der Waals surface area contributed by atoms with Crippen molar-refractivity contribution in [2.24, 2.45) is 5.73 Å². The number of hydrogen-bond donors (Lipinski definition) is 4. The lowest BCUT2D eigenvalue weighted by Gasteiger charge is -2.31. The van der Waals surface area contributed by atoms with Gasteiger partial charge in [0.05, 0.1) is 6.54 Å². The third-order valence-electron chi connectivity index (χ3n) is 5.42. The van der Waals surface area contributed by atoms with E-state index in [2.05, 4.69) is 10.3 Å². The molecular weight excluding hydrogens is 473 g/mol. The molecule has 0 radical (unpaired) electrons.